The van der Waals surface area contributed by atoms with Gasteiger partial charge < -0.3 is 10.2 Å². The first-order valence-corrected chi connectivity index (χ1v) is 10.8. The van der Waals surface area contributed by atoms with Gasteiger partial charge in [-0.25, -0.2) is 0 Å². The molecule has 1 aliphatic rings. The number of nitrogens with one attached hydrogen (secondary N) is 1. The number of halogens is 1. The van der Waals surface area contributed by atoms with Gasteiger partial charge in [0.15, 0.2) is 5.11 Å². The van der Waals surface area contributed by atoms with E-state index in [9.17, 15) is 0 Å². The number of anilines is 1. The molecule has 158 valence electrons. The molecule has 1 N–H and O–H groups in total. The maximum atomic E-state index is 6.06. The number of thiocarbonyl (C=S) groups is 1. The maximum absolute atomic E-state index is 6.06. The van der Waals surface area contributed by atoms with Crippen LogP contribution in [-0.4, -0.2) is 60.7 Å². The summed E-state index contributed by atoms with van der Waals surface area (Å²) >= 11 is 11.7. The summed E-state index contributed by atoms with van der Waals surface area (Å²) in [5.41, 5.74) is 4.40. The molecule has 0 unspecified atom stereocenters. The lowest BCUT2D eigenvalue weighted by Gasteiger charge is -2.36. The van der Waals surface area contributed by atoms with Gasteiger partial charge in [-0.15, -0.1) is 0 Å². The van der Waals surface area contributed by atoms with Gasteiger partial charge in [-0.1, -0.05) is 23.7 Å². The van der Waals surface area contributed by atoms with Crippen molar-refractivity contribution in [3.05, 3.63) is 64.7 Å². The van der Waals surface area contributed by atoms with Crippen LogP contribution in [0.4, 0.5) is 5.69 Å². The molecule has 0 radical (unpaired) electrons. The molecule has 3 aromatic rings. The molecule has 0 aliphatic carbocycles. The average molecular weight is 444 g/mol. The average Bonchev–Trinajstić information content (AvgIpc) is 3.27. The monoisotopic (exact) mass is 443 g/mol. The number of benzene rings is 1. The third kappa shape index (κ3) is 5.19. The molecule has 9 heteroatoms. The predicted molar refractivity (Wildman–Crippen MR) is 124 cm³/mol. The Balaban J connectivity index is 1.27. The Labute approximate surface area is 187 Å². The summed E-state index contributed by atoms with van der Waals surface area (Å²) in [6.45, 7) is 7.43. The van der Waals surface area contributed by atoms with E-state index in [-0.39, 0.29) is 0 Å². The lowest BCUT2D eigenvalue weighted by molar-refractivity contribution is 0.176. The lowest BCUT2D eigenvalue weighted by atomic mass is 10.2. The molecule has 30 heavy (non-hydrogen) atoms. The second-order valence-electron chi connectivity index (χ2n) is 7.66. The predicted octanol–water partition coefficient (Wildman–Crippen LogP) is 3.14. The zero-order valence-corrected chi connectivity index (χ0v) is 18.8. The fraction of sp³-hybridized carbons (Fsp3) is 0.381. The first-order valence-electron chi connectivity index (χ1n) is 10.0. The van der Waals surface area contributed by atoms with Crippen LogP contribution in [-0.2, 0) is 20.1 Å². The van der Waals surface area contributed by atoms with Crippen LogP contribution in [0.1, 0.15) is 16.8 Å². The van der Waals surface area contributed by atoms with Crippen LogP contribution in [0.3, 0.4) is 0 Å². The number of aromatic nitrogens is 4. The lowest BCUT2D eigenvalue weighted by Crippen LogP contribution is -2.49. The molecular formula is C21H26ClN7S. The van der Waals surface area contributed by atoms with Crippen molar-refractivity contribution in [3.8, 4) is 0 Å². The van der Waals surface area contributed by atoms with Gasteiger partial charge in [-0.05, 0) is 36.8 Å². The van der Waals surface area contributed by atoms with Crippen LogP contribution in [0.2, 0.25) is 5.02 Å². The first kappa shape index (κ1) is 20.8. The van der Waals surface area contributed by atoms with Crippen LogP contribution < -0.4 is 5.32 Å². The Morgan fingerprint density at radius 2 is 1.97 bits per heavy atom. The molecule has 0 amide bonds. The van der Waals surface area contributed by atoms with E-state index in [4.69, 9.17) is 23.8 Å². The highest BCUT2D eigenvalue weighted by atomic mass is 35.5. The minimum absolute atomic E-state index is 0.668. The molecule has 4 rings (SSSR count). The van der Waals surface area contributed by atoms with Gasteiger partial charge in [-0.2, -0.15) is 10.2 Å². The van der Waals surface area contributed by atoms with E-state index >= 15 is 0 Å². The Morgan fingerprint density at radius 3 is 2.67 bits per heavy atom. The number of hydrogen-bond acceptors (Lipinski definition) is 4. The van der Waals surface area contributed by atoms with Gasteiger partial charge in [0.25, 0.3) is 0 Å². The SMILES string of the molecule is Cc1nn(C)cc1CN1CCN(C(=S)Nc2cnn(Cc3cccc(Cl)c3)c2)CC1. The van der Waals surface area contributed by atoms with Crippen molar-refractivity contribution in [2.45, 2.75) is 20.0 Å². The largest absolute Gasteiger partial charge is 0.346 e. The quantitative estimate of drug-likeness (QED) is 0.611. The van der Waals surface area contributed by atoms with E-state index in [2.05, 4.69) is 38.4 Å². The number of piperazine rings is 1. The molecule has 1 aromatic carbocycles. The van der Waals surface area contributed by atoms with Crippen molar-refractivity contribution in [1.29, 1.82) is 0 Å². The molecule has 0 bridgehead atoms. The molecule has 1 aliphatic heterocycles. The summed E-state index contributed by atoms with van der Waals surface area (Å²) in [4.78, 5) is 4.67. The normalized spacial score (nSPS) is 14.8. The highest BCUT2D eigenvalue weighted by Gasteiger charge is 2.20. The zero-order chi connectivity index (χ0) is 21.1. The van der Waals surface area contributed by atoms with Gasteiger partial charge in [0.1, 0.15) is 0 Å². The summed E-state index contributed by atoms with van der Waals surface area (Å²) in [6, 6.07) is 7.81. The number of hydrogen-bond donors (Lipinski definition) is 1. The first-order chi connectivity index (χ1) is 14.5. The van der Waals surface area contributed by atoms with Crippen molar-refractivity contribution in [2.75, 3.05) is 31.5 Å². The van der Waals surface area contributed by atoms with E-state index in [0.717, 1.165) is 59.8 Å². The molecule has 0 atom stereocenters. The minimum Gasteiger partial charge on any atom is -0.346 e. The van der Waals surface area contributed by atoms with E-state index in [0.29, 0.717) is 6.54 Å². The summed E-state index contributed by atoms with van der Waals surface area (Å²) in [6.07, 6.45) is 5.88. The van der Waals surface area contributed by atoms with Crippen LogP contribution in [0, 0.1) is 6.92 Å². The summed E-state index contributed by atoms with van der Waals surface area (Å²) in [5.74, 6) is 0. The Bertz CT molecular complexity index is 1020. The number of rotatable bonds is 5. The topological polar surface area (TPSA) is 54.2 Å². The van der Waals surface area contributed by atoms with Crippen molar-refractivity contribution in [3.63, 3.8) is 0 Å². The summed E-state index contributed by atoms with van der Waals surface area (Å²) in [7, 11) is 1.97. The number of nitrogens with zero attached hydrogens (tertiary/aromatic N) is 6. The number of aryl methyl sites for hydroxylation is 2. The van der Waals surface area contributed by atoms with E-state index in [1.165, 1.54) is 5.56 Å². The Hall–Kier alpha value is -2.42. The Morgan fingerprint density at radius 1 is 1.17 bits per heavy atom. The van der Waals surface area contributed by atoms with Crippen LogP contribution in [0.25, 0.3) is 0 Å². The molecule has 7 nitrogen and oxygen atoms in total. The van der Waals surface area contributed by atoms with E-state index in [1.54, 1.807) is 6.20 Å². The minimum atomic E-state index is 0.668. The third-order valence-corrected chi connectivity index (χ3v) is 5.88. The molecule has 0 saturated carbocycles. The van der Waals surface area contributed by atoms with Crippen molar-refractivity contribution < 1.29 is 0 Å². The highest BCUT2D eigenvalue weighted by Crippen LogP contribution is 2.15. The second-order valence-corrected chi connectivity index (χ2v) is 8.49. The van der Waals surface area contributed by atoms with Gasteiger partial charge >= 0.3 is 0 Å². The fourth-order valence-corrected chi connectivity index (χ4v) is 4.21. The Kier molecular flexibility index (Phi) is 6.36. The molecular weight excluding hydrogens is 418 g/mol. The smallest absolute Gasteiger partial charge is 0.173 e. The maximum Gasteiger partial charge on any atom is 0.173 e. The van der Waals surface area contributed by atoms with Crippen molar-refractivity contribution in [1.82, 2.24) is 29.4 Å². The summed E-state index contributed by atoms with van der Waals surface area (Å²) in [5, 5.41) is 13.7. The third-order valence-electron chi connectivity index (χ3n) is 5.29. The standard InChI is InChI=1S/C21H26ClN7S/c1-16-18(13-26(2)25-16)14-27-6-8-28(9-7-27)21(30)24-20-11-23-29(15-20)12-17-4-3-5-19(22)10-17/h3-5,10-11,13,15H,6-9,12,14H2,1-2H3,(H,24,30). The zero-order valence-electron chi connectivity index (χ0n) is 17.3. The van der Waals surface area contributed by atoms with Gasteiger partial charge in [0, 0.05) is 62.8 Å². The van der Waals surface area contributed by atoms with E-state index in [1.807, 2.05) is 46.9 Å². The molecule has 1 fully saturated rings. The molecule has 2 aromatic heterocycles. The van der Waals surface area contributed by atoms with Crippen LogP contribution in [0.15, 0.2) is 42.9 Å². The van der Waals surface area contributed by atoms with Crippen molar-refractivity contribution >= 4 is 34.6 Å². The van der Waals surface area contributed by atoms with Crippen LogP contribution >= 0.6 is 23.8 Å². The second kappa shape index (κ2) is 9.16. The van der Waals surface area contributed by atoms with Gasteiger partial charge in [0.05, 0.1) is 24.1 Å². The molecule has 0 spiro atoms. The van der Waals surface area contributed by atoms with Gasteiger partial charge in [-0.3, -0.25) is 14.3 Å². The summed E-state index contributed by atoms with van der Waals surface area (Å²) < 4.78 is 3.76. The van der Waals surface area contributed by atoms with Crippen molar-refractivity contribution in [2.24, 2.45) is 7.05 Å². The van der Waals surface area contributed by atoms with Gasteiger partial charge in [0.2, 0.25) is 0 Å². The molecule has 3 heterocycles. The fourth-order valence-electron chi connectivity index (χ4n) is 3.69. The highest BCUT2D eigenvalue weighted by molar-refractivity contribution is 7.80. The van der Waals surface area contributed by atoms with Crippen LogP contribution in [0.5, 0.6) is 0 Å². The molecule has 1 saturated heterocycles. The van der Waals surface area contributed by atoms with E-state index < -0.39 is 0 Å².